The molecule has 0 spiro atoms. The van der Waals surface area contributed by atoms with Crippen LogP contribution in [0.15, 0.2) is 53.2 Å². The normalized spacial score (nSPS) is 10.8. The Morgan fingerprint density at radius 2 is 1.78 bits per heavy atom. The number of methoxy groups -OCH3 is 1. The highest BCUT2D eigenvalue weighted by Crippen LogP contribution is 2.20. The maximum Gasteiger partial charge on any atom is 0.264 e. The molecule has 0 atom stereocenters. The molecule has 0 aliphatic rings. The van der Waals surface area contributed by atoms with Gasteiger partial charge in [0.15, 0.2) is 0 Å². The number of carbonyl (C=O) groups is 2. The molecule has 5 nitrogen and oxygen atoms in total. The summed E-state index contributed by atoms with van der Waals surface area (Å²) in [6.45, 7) is 3.72. The molecule has 0 radical (unpaired) electrons. The molecule has 0 saturated carbocycles. The highest BCUT2D eigenvalue weighted by molar-refractivity contribution is 7.12. The van der Waals surface area contributed by atoms with Crippen LogP contribution in [-0.2, 0) is 22.6 Å². The van der Waals surface area contributed by atoms with Gasteiger partial charge in [0.25, 0.3) is 5.91 Å². The molecule has 2 heterocycles. The Morgan fingerprint density at radius 3 is 2.41 bits per heavy atom. The molecule has 0 aliphatic heterocycles. The molecule has 170 valence electrons. The van der Waals surface area contributed by atoms with E-state index < -0.39 is 0 Å². The van der Waals surface area contributed by atoms with Crippen LogP contribution in [0.3, 0.4) is 0 Å². The minimum absolute atomic E-state index is 0.0218. The van der Waals surface area contributed by atoms with Crippen molar-refractivity contribution in [2.24, 2.45) is 0 Å². The maximum absolute atomic E-state index is 13.4. The van der Waals surface area contributed by atoms with Gasteiger partial charge in [-0.25, -0.2) is 4.39 Å². The van der Waals surface area contributed by atoms with E-state index >= 15 is 0 Å². The van der Waals surface area contributed by atoms with Gasteiger partial charge in [-0.3, -0.25) is 9.59 Å². The number of halogens is 1. The Balaban J connectivity index is 1.78. The molecule has 0 N–H and O–H groups in total. The molecule has 3 rings (SSSR count). The van der Waals surface area contributed by atoms with E-state index in [9.17, 15) is 14.0 Å². The molecule has 2 aromatic heterocycles. The first-order chi connectivity index (χ1) is 15.5. The van der Waals surface area contributed by atoms with E-state index in [0.29, 0.717) is 37.5 Å². The fourth-order valence-electron chi connectivity index (χ4n) is 3.25. The highest BCUT2D eigenvalue weighted by Gasteiger charge is 2.24. The number of rotatable bonds is 11. The third-order valence-corrected chi connectivity index (χ3v) is 6.93. The maximum atomic E-state index is 13.4. The smallest absolute Gasteiger partial charge is 0.264 e. The second-order valence-corrected chi connectivity index (χ2v) is 9.40. The molecule has 0 bridgehead atoms. The summed E-state index contributed by atoms with van der Waals surface area (Å²) < 4.78 is 18.5. The average Bonchev–Trinajstić information content (AvgIpc) is 3.46. The topological polar surface area (TPSA) is 49.9 Å². The summed E-state index contributed by atoms with van der Waals surface area (Å²) in [5, 5.41) is 3.85. The summed E-state index contributed by atoms with van der Waals surface area (Å²) in [6, 6.07) is 11.8. The Kier molecular flexibility index (Phi) is 8.96. The Labute approximate surface area is 196 Å². The van der Waals surface area contributed by atoms with Gasteiger partial charge in [0.05, 0.1) is 11.4 Å². The molecule has 32 heavy (non-hydrogen) atoms. The van der Waals surface area contributed by atoms with Gasteiger partial charge in [-0.15, -0.1) is 22.7 Å². The Bertz CT molecular complexity index is 1000. The van der Waals surface area contributed by atoms with Gasteiger partial charge in [0.1, 0.15) is 12.4 Å². The van der Waals surface area contributed by atoms with E-state index in [4.69, 9.17) is 4.74 Å². The lowest BCUT2D eigenvalue weighted by molar-refractivity contribution is -0.133. The molecule has 0 unspecified atom stereocenters. The van der Waals surface area contributed by atoms with E-state index in [1.165, 1.54) is 23.5 Å². The van der Waals surface area contributed by atoms with Crippen molar-refractivity contribution in [3.8, 4) is 0 Å². The van der Waals surface area contributed by atoms with Crippen molar-refractivity contribution in [3.63, 3.8) is 0 Å². The highest BCUT2D eigenvalue weighted by atomic mass is 32.1. The van der Waals surface area contributed by atoms with Crippen LogP contribution >= 0.6 is 22.7 Å². The summed E-state index contributed by atoms with van der Waals surface area (Å²) in [7, 11) is 1.62. The monoisotopic (exact) mass is 474 g/mol. The van der Waals surface area contributed by atoms with Gasteiger partial charge < -0.3 is 14.5 Å². The predicted octanol–water partition coefficient (Wildman–Crippen LogP) is 4.96. The number of hydrogen-bond acceptors (Lipinski definition) is 5. The average molecular weight is 475 g/mol. The summed E-state index contributed by atoms with van der Waals surface area (Å²) in [5.41, 5.74) is 1.96. The lowest BCUT2D eigenvalue weighted by atomic mass is 10.2. The summed E-state index contributed by atoms with van der Waals surface area (Å²) in [6.07, 6.45) is 0.642. The zero-order valence-corrected chi connectivity index (χ0v) is 19.9. The third kappa shape index (κ3) is 6.72. The number of benzene rings is 1. The number of nitrogens with zero attached hydrogens (tertiary/aromatic N) is 2. The van der Waals surface area contributed by atoms with Crippen LogP contribution in [0.5, 0.6) is 0 Å². The van der Waals surface area contributed by atoms with Gasteiger partial charge in [0.2, 0.25) is 5.91 Å². The van der Waals surface area contributed by atoms with Crippen LogP contribution in [0, 0.1) is 12.7 Å². The molecule has 3 aromatic rings. The first kappa shape index (κ1) is 24.1. The number of thiophene rings is 2. The number of hydrogen-bond donors (Lipinski definition) is 0. The predicted molar refractivity (Wildman–Crippen MR) is 126 cm³/mol. The van der Waals surface area contributed by atoms with Crippen molar-refractivity contribution in [2.45, 2.75) is 26.4 Å². The van der Waals surface area contributed by atoms with Crippen LogP contribution in [0.2, 0.25) is 0 Å². The fourth-order valence-corrected chi connectivity index (χ4v) is 4.86. The van der Waals surface area contributed by atoms with E-state index in [1.807, 2.05) is 29.8 Å². The minimum Gasteiger partial charge on any atom is -0.385 e. The zero-order valence-electron chi connectivity index (χ0n) is 18.3. The lowest BCUT2D eigenvalue weighted by Gasteiger charge is -2.28. The first-order valence-corrected chi connectivity index (χ1v) is 12.1. The SMILES string of the molecule is COCCCN(CC(=O)N(Cc1ccc(F)cc1)Cc1sccc1C)C(=O)c1cccs1. The standard InChI is InChI=1S/C24H27FN2O3S2/c1-18-10-14-32-22(18)16-27(15-19-6-8-20(25)9-7-19)23(28)17-26(11-4-12-30-2)24(29)21-5-3-13-31-21/h3,5-10,13-14H,4,11-12,15-17H2,1-2H3. The van der Waals surface area contributed by atoms with Crippen LogP contribution in [0.25, 0.3) is 0 Å². The van der Waals surface area contributed by atoms with E-state index in [1.54, 1.807) is 46.4 Å². The summed E-state index contributed by atoms with van der Waals surface area (Å²) in [5.74, 6) is -0.616. The van der Waals surface area contributed by atoms with E-state index in [-0.39, 0.29) is 24.2 Å². The van der Waals surface area contributed by atoms with E-state index in [0.717, 1.165) is 16.0 Å². The summed E-state index contributed by atoms with van der Waals surface area (Å²) >= 11 is 2.96. The van der Waals surface area contributed by atoms with Gasteiger partial charge >= 0.3 is 0 Å². The zero-order chi connectivity index (χ0) is 22.9. The van der Waals surface area contributed by atoms with Crippen molar-refractivity contribution in [1.29, 1.82) is 0 Å². The van der Waals surface area contributed by atoms with Crippen LogP contribution in [0.4, 0.5) is 4.39 Å². The van der Waals surface area contributed by atoms with Gasteiger partial charge in [-0.1, -0.05) is 18.2 Å². The molecule has 0 fully saturated rings. The second-order valence-electron chi connectivity index (χ2n) is 7.45. The van der Waals surface area contributed by atoms with Crippen LogP contribution in [-0.4, -0.2) is 48.4 Å². The van der Waals surface area contributed by atoms with Crippen molar-refractivity contribution in [3.05, 3.63) is 79.9 Å². The van der Waals surface area contributed by atoms with Crippen molar-refractivity contribution in [1.82, 2.24) is 9.80 Å². The number of carbonyl (C=O) groups excluding carboxylic acids is 2. The molecular weight excluding hydrogens is 447 g/mol. The molecule has 1 aromatic carbocycles. The van der Waals surface area contributed by atoms with Crippen molar-refractivity contribution in [2.75, 3.05) is 26.8 Å². The Morgan fingerprint density at radius 1 is 1.00 bits per heavy atom. The van der Waals surface area contributed by atoms with Crippen LogP contribution in [0.1, 0.15) is 32.1 Å². The molecule has 2 amide bonds. The summed E-state index contributed by atoms with van der Waals surface area (Å²) in [4.78, 5) is 31.4. The number of amides is 2. The minimum atomic E-state index is -0.313. The second kappa shape index (κ2) is 11.9. The largest absolute Gasteiger partial charge is 0.385 e. The third-order valence-electron chi connectivity index (χ3n) is 5.06. The van der Waals surface area contributed by atoms with Gasteiger partial charge in [-0.2, -0.15) is 0 Å². The van der Waals surface area contributed by atoms with Crippen LogP contribution < -0.4 is 0 Å². The molecule has 8 heteroatoms. The quantitative estimate of drug-likeness (QED) is 0.369. The van der Waals surface area contributed by atoms with Gasteiger partial charge in [-0.05, 0) is 59.5 Å². The van der Waals surface area contributed by atoms with Crippen molar-refractivity contribution < 1.29 is 18.7 Å². The Hall–Kier alpha value is -2.55. The molecule has 0 aliphatic carbocycles. The molecule has 0 saturated heterocycles. The van der Waals surface area contributed by atoms with Gasteiger partial charge in [0, 0.05) is 31.7 Å². The fraction of sp³-hybridized carbons (Fsp3) is 0.333. The molecular formula is C24H27FN2O3S2. The van der Waals surface area contributed by atoms with E-state index in [2.05, 4.69) is 0 Å². The number of aryl methyl sites for hydroxylation is 1. The first-order valence-electron chi connectivity index (χ1n) is 10.3. The number of ether oxygens (including phenoxy) is 1. The van der Waals surface area contributed by atoms with Crippen molar-refractivity contribution >= 4 is 34.5 Å². The lowest BCUT2D eigenvalue weighted by Crippen LogP contribution is -2.43.